The third kappa shape index (κ3) is 4.15. The van der Waals surface area contributed by atoms with E-state index in [-0.39, 0.29) is 17.8 Å². The molecule has 1 saturated heterocycles. The summed E-state index contributed by atoms with van der Waals surface area (Å²) in [7, 11) is 0. The number of carbonyl (C=O) groups excluding carboxylic acids is 1. The van der Waals surface area contributed by atoms with E-state index in [9.17, 15) is 9.18 Å². The molecule has 6 nitrogen and oxygen atoms in total. The van der Waals surface area contributed by atoms with Crippen LogP contribution in [0, 0.1) is 11.7 Å². The summed E-state index contributed by atoms with van der Waals surface area (Å²) in [6.45, 7) is 3.63. The predicted octanol–water partition coefficient (Wildman–Crippen LogP) is 4.44. The Bertz CT molecular complexity index is 1230. The van der Waals surface area contributed by atoms with Gasteiger partial charge in [-0.25, -0.2) is 4.39 Å². The van der Waals surface area contributed by atoms with Crippen molar-refractivity contribution in [1.29, 1.82) is 0 Å². The summed E-state index contributed by atoms with van der Waals surface area (Å²) in [6, 6.07) is 13.0. The van der Waals surface area contributed by atoms with Crippen LogP contribution < -0.4 is 0 Å². The molecule has 4 aromatic rings. The van der Waals surface area contributed by atoms with Gasteiger partial charge in [-0.15, -0.1) is 0 Å². The van der Waals surface area contributed by atoms with E-state index in [0.29, 0.717) is 18.8 Å². The highest BCUT2D eigenvalue weighted by molar-refractivity contribution is 5.84. The monoisotopic (exact) mass is 431 g/mol. The zero-order valence-corrected chi connectivity index (χ0v) is 18.0. The second-order valence-corrected chi connectivity index (χ2v) is 8.71. The number of hydrogen-bond donors (Lipinski definition) is 1. The number of nitrogens with one attached hydrogen (secondary N) is 1. The van der Waals surface area contributed by atoms with E-state index in [1.165, 1.54) is 12.1 Å². The van der Waals surface area contributed by atoms with Gasteiger partial charge in [-0.05, 0) is 61.1 Å². The molecule has 164 valence electrons. The molecular formula is C25H26FN5O. The number of rotatable bonds is 6. The Morgan fingerprint density at radius 1 is 1.19 bits per heavy atom. The zero-order chi connectivity index (χ0) is 22.1. The number of likely N-dealkylation sites (tertiary alicyclic amines) is 1. The second kappa shape index (κ2) is 8.57. The third-order valence-electron chi connectivity index (χ3n) is 6.40. The minimum atomic E-state index is -0.257. The van der Waals surface area contributed by atoms with Crippen LogP contribution in [-0.2, 0) is 17.8 Å². The van der Waals surface area contributed by atoms with Crippen LogP contribution >= 0.6 is 0 Å². The normalized spacial score (nSPS) is 18.5. The molecule has 32 heavy (non-hydrogen) atoms. The zero-order valence-electron chi connectivity index (χ0n) is 18.0. The van der Waals surface area contributed by atoms with Crippen LogP contribution in [0.2, 0.25) is 0 Å². The van der Waals surface area contributed by atoms with Crippen molar-refractivity contribution in [2.45, 2.75) is 38.8 Å². The average molecular weight is 432 g/mol. The highest BCUT2D eigenvalue weighted by Gasteiger charge is 2.32. The van der Waals surface area contributed by atoms with Gasteiger partial charge in [-0.3, -0.25) is 14.6 Å². The van der Waals surface area contributed by atoms with Crippen LogP contribution in [0.1, 0.15) is 25.3 Å². The fraction of sp³-hybridized carbons (Fsp3) is 0.320. The topological polar surface area (TPSA) is 66.8 Å². The standard InChI is InChI=1S/C25H26FN5O/c1-17-9-19(15-30(17)25(32)8-5-18-3-2-4-23(26)10-18)16-31-24-7-6-20(11-21(24)14-29-31)22-12-27-28-13-22/h2-4,6-7,10-14,17,19H,5,8-9,15-16H2,1H3,(H,27,28). The van der Waals surface area contributed by atoms with Crippen molar-refractivity contribution in [2.24, 2.45) is 5.92 Å². The molecule has 5 rings (SSSR count). The molecule has 0 radical (unpaired) electrons. The molecule has 1 aliphatic rings. The summed E-state index contributed by atoms with van der Waals surface area (Å²) in [6.07, 6.45) is 7.52. The maximum Gasteiger partial charge on any atom is 0.223 e. The van der Waals surface area contributed by atoms with Crippen molar-refractivity contribution in [1.82, 2.24) is 24.9 Å². The molecule has 2 aromatic carbocycles. The van der Waals surface area contributed by atoms with Crippen LogP contribution in [0.15, 0.2) is 61.1 Å². The van der Waals surface area contributed by atoms with Crippen LogP contribution in [-0.4, -0.2) is 43.4 Å². The summed E-state index contributed by atoms with van der Waals surface area (Å²) in [5.41, 5.74) is 4.12. The number of carbonyl (C=O) groups is 1. The quantitative estimate of drug-likeness (QED) is 0.491. The van der Waals surface area contributed by atoms with Crippen LogP contribution in [0.4, 0.5) is 4.39 Å². The van der Waals surface area contributed by atoms with Gasteiger partial charge >= 0.3 is 0 Å². The number of nitrogens with zero attached hydrogens (tertiary/aromatic N) is 4. The lowest BCUT2D eigenvalue weighted by atomic mass is 10.1. The first-order valence-electron chi connectivity index (χ1n) is 11.1. The summed E-state index contributed by atoms with van der Waals surface area (Å²) in [5.74, 6) is 0.243. The molecule has 1 aliphatic heterocycles. The number of halogens is 1. The average Bonchev–Trinajstić information content (AvgIpc) is 3.53. The van der Waals surface area contributed by atoms with Gasteiger partial charge in [-0.2, -0.15) is 10.2 Å². The Hall–Kier alpha value is -3.48. The van der Waals surface area contributed by atoms with Gasteiger partial charge in [0.1, 0.15) is 5.82 Å². The fourth-order valence-electron chi connectivity index (χ4n) is 4.77. The first kappa shape index (κ1) is 20.4. The Labute approximate surface area is 186 Å². The molecule has 1 amide bonds. The van der Waals surface area contributed by atoms with E-state index >= 15 is 0 Å². The highest BCUT2D eigenvalue weighted by Crippen LogP contribution is 2.28. The SMILES string of the molecule is CC1CC(Cn2ncc3cc(-c4cn[nH]c4)ccc32)CN1C(=O)CCc1cccc(F)c1. The summed E-state index contributed by atoms with van der Waals surface area (Å²) >= 11 is 0. The molecule has 0 aliphatic carbocycles. The number of hydrogen-bond acceptors (Lipinski definition) is 3. The Balaban J connectivity index is 1.23. The van der Waals surface area contributed by atoms with E-state index in [2.05, 4.69) is 40.4 Å². The molecule has 0 spiro atoms. The van der Waals surface area contributed by atoms with E-state index in [1.54, 1.807) is 6.07 Å². The van der Waals surface area contributed by atoms with E-state index in [1.807, 2.05) is 34.2 Å². The van der Waals surface area contributed by atoms with Gasteiger partial charge in [0.25, 0.3) is 0 Å². The van der Waals surface area contributed by atoms with Crippen LogP contribution in [0.5, 0.6) is 0 Å². The number of aryl methyl sites for hydroxylation is 1. The van der Waals surface area contributed by atoms with Crippen molar-refractivity contribution < 1.29 is 9.18 Å². The molecule has 1 N–H and O–H groups in total. The lowest BCUT2D eigenvalue weighted by molar-refractivity contribution is -0.131. The fourth-order valence-corrected chi connectivity index (χ4v) is 4.77. The van der Waals surface area contributed by atoms with Gasteiger partial charge < -0.3 is 4.90 Å². The van der Waals surface area contributed by atoms with Gasteiger partial charge in [-0.1, -0.05) is 18.2 Å². The Morgan fingerprint density at radius 2 is 2.09 bits per heavy atom. The number of H-pyrrole nitrogens is 1. The highest BCUT2D eigenvalue weighted by atomic mass is 19.1. The van der Waals surface area contributed by atoms with Crippen LogP contribution in [0.25, 0.3) is 22.0 Å². The summed E-state index contributed by atoms with van der Waals surface area (Å²) < 4.78 is 15.4. The van der Waals surface area contributed by atoms with Crippen molar-refractivity contribution in [3.8, 4) is 11.1 Å². The maximum atomic E-state index is 13.4. The second-order valence-electron chi connectivity index (χ2n) is 8.71. The summed E-state index contributed by atoms with van der Waals surface area (Å²) in [4.78, 5) is 14.8. The molecule has 2 aromatic heterocycles. The number of aromatic amines is 1. The summed E-state index contributed by atoms with van der Waals surface area (Å²) in [5, 5.41) is 12.6. The number of aromatic nitrogens is 4. The smallest absolute Gasteiger partial charge is 0.223 e. The Morgan fingerprint density at radius 3 is 2.91 bits per heavy atom. The number of benzene rings is 2. The lowest BCUT2D eigenvalue weighted by Gasteiger charge is -2.21. The molecule has 1 fully saturated rings. The largest absolute Gasteiger partial charge is 0.340 e. The molecule has 2 atom stereocenters. The van der Waals surface area contributed by atoms with Gasteiger partial charge in [0.15, 0.2) is 0 Å². The van der Waals surface area contributed by atoms with Crippen molar-refractivity contribution in [2.75, 3.05) is 6.54 Å². The first-order chi connectivity index (χ1) is 15.6. The van der Waals surface area contributed by atoms with Crippen molar-refractivity contribution >= 4 is 16.8 Å². The van der Waals surface area contributed by atoms with Gasteiger partial charge in [0.2, 0.25) is 5.91 Å². The van der Waals surface area contributed by atoms with Crippen LogP contribution in [0.3, 0.4) is 0 Å². The number of fused-ring (bicyclic) bond motifs is 1. The molecule has 0 bridgehead atoms. The third-order valence-corrected chi connectivity index (χ3v) is 6.40. The van der Waals surface area contributed by atoms with E-state index in [4.69, 9.17) is 0 Å². The predicted molar refractivity (Wildman–Crippen MR) is 121 cm³/mol. The number of amides is 1. The van der Waals surface area contributed by atoms with Gasteiger partial charge in [0, 0.05) is 42.7 Å². The molecular weight excluding hydrogens is 405 g/mol. The minimum Gasteiger partial charge on any atom is -0.340 e. The van der Waals surface area contributed by atoms with E-state index < -0.39 is 0 Å². The maximum absolute atomic E-state index is 13.4. The molecule has 7 heteroatoms. The lowest BCUT2D eigenvalue weighted by Crippen LogP contribution is -2.34. The molecule has 3 heterocycles. The Kier molecular flexibility index (Phi) is 5.47. The minimum absolute atomic E-state index is 0.138. The molecule has 0 saturated carbocycles. The van der Waals surface area contributed by atoms with Gasteiger partial charge in [0.05, 0.1) is 17.9 Å². The first-order valence-corrected chi connectivity index (χ1v) is 11.1. The molecule has 2 unspecified atom stereocenters. The van der Waals surface area contributed by atoms with Crippen molar-refractivity contribution in [3.05, 3.63) is 72.4 Å². The van der Waals surface area contributed by atoms with E-state index in [0.717, 1.165) is 47.1 Å². The van der Waals surface area contributed by atoms with Crippen molar-refractivity contribution in [3.63, 3.8) is 0 Å².